The number of nitrogens with one attached hydrogen (secondary N) is 1. The predicted octanol–water partition coefficient (Wildman–Crippen LogP) is 2.69. The summed E-state index contributed by atoms with van der Waals surface area (Å²) < 4.78 is 0. The second-order valence-electron chi connectivity index (χ2n) is 6.85. The molecule has 0 aromatic carbocycles. The molecule has 1 N–H and O–H groups in total. The maximum absolute atomic E-state index is 12.6. The number of nitrogens with zero attached hydrogens (tertiary/aromatic N) is 3. The lowest BCUT2D eigenvalue weighted by atomic mass is 9.81. The number of fused-ring (bicyclic) bond motifs is 1. The number of aromatic amines is 1. The number of aryl methyl sites for hydroxylation is 1. The number of carbonyl (C=O) groups is 2. The Balaban J connectivity index is 1.46. The minimum Gasteiger partial charge on any atom is -0.274 e. The number of rotatable bonds is 4. The summed E-state index contributed by atoms with van der Waals surface area (Å²) in [7, 11) is 0. The second kappa shape index (κ2) is 6.34. The largest absolute Gasteiger partial charge is 0.274 e. The van der Waals surface area contributed by atoms with Crippen molar-refractivity contribution in [1.82, 2.24) is 15.2 Å². The molecule has 2 unspecified atom stereocenters. The number of allylic oxidation sites excluding steroid dienone is 4. The molecule has 2 heterocycles. The fourth-order valence-electron chi connectivity index (χ4n) is 3.97. The van der Waals surface area contributed by atoms with E-state index in [1.54, 1.807) is 0 Å². The highest BCUT2D eigenvalue weighted by molar-refractivity contribution is 6.21. The average Bonchev–Trinajstić information content (AvgIpc) is 3.18. The van der Waals surface area contributed by atoms with Crippen LogP contribution < -0.4 is 4.90 Å². The lowest BCUT2D eigenvalue weighted by Crippen LogP contribution is -2.31. The van der Waals surface area contributed by atoms with Crippen LogP contribution in [0, 0.1) is 11.8 Å². The predicted molar refractivity (Wildman–Crippen MR) is 89.1 cm³/mol. The van der Waals surface area contributed by atoms with Crippen LogP contribution in [0.25, 0.3) is 0 Å². The van der Waals surface area contributed by atoms with Crippen molar-refractivity contribution in [3.8, 4) is 0 Å². The molecule has 6 heteroatoms. The van der Waals surface area contributed by atoms with E-state index < -0.39 is 0 Å². The highest BCUT2D eigenvalue weighted by atomic mass is 16.2. The molecule has 2 amide bonds. The summed E-state index contributed by atoms with van der Waals surface area (Å²) in [6.45, 7) is 0. The molecule has 1 aromatic rings. The zero-order valence-corrected chi connectivity index (χ0v) is 13.7. The van der Waals surface area contributed by atoms with Crippen LogP contribution in [0.4, 0.5) is 5.95 Å². The fraction of sp³-hybridized carbons (Fsp3) is 0.556. The molecular weight excluding hydrogens is 304 g/mol. The molecule has 1 saturated heterocycles. The summed E-state index contributed by atoms with van der Waals surface area (Å²) in [6, 6.07) is 0. The Labute approximate surface area is 141 Å². The first-order valence-electron chi connectivity index (χ1n) is 8.88. The Kier molecular flexibility index (Phi) is 4.04. The standard InChI is InChI=1S/C18H22N4O2/c23-16-13-8-4-5-9-14(13)17(24)22(16)18-19-15(20-21-18)11-10-12-6-2-1-3-7-12/h2,6-7,13-14H,1,3-5,8-11H2,(H,19,20,21). The van der Waals surface area contributed by atoms with Gasteiger partial charge in [-0.1, -0.05) is 36.6 Å². The van der Waals surface area contributed by atoms with E-state index in [1.165, 1.54) is 10.5 Å². The van der Waals surface area contributed by atoms with E-state index in [1.807, 2.05) is 0 Å². The molecule has 3 aliphatic rings. The Hall–Kier alpha value is -2.24. The van der Waals surface area contributed by atoms with Gasteiger partial charge in [0, 0.05) is 6.42 Å². The average molecular weight is 326 g/mol. The van der Waals surface area contributed by atoms with Gasteiger partial charge >= 0.3 is 0 Å². The molecule has 0 radical (unpaired) electrons. The van der Waals surface area contributed by atoms with E-state index in [2.05, 4.69) is 33.4 Å². The third kappa shape index (κ3) is 2.70. The van der Waals surface area contributed by atoms with Crippen LogP contribution in [0.15, 0.2) is 23.8 Å². The molecular formula is C18H22N4O2. The van der Waals surface area contributed by atoms with Gasteiger partial charge in [-0.05, 0) is 32.1 Å². The van der Waals surface area contributed by atoms with Gasteiger partial charge in [-0.25, -0.2) is 4.90 Å². The number of anilines is 1. The molecule has 1 aromatic heterocycles. The maximum Gasteiger partial charge on any atom is 0.258 e. The third-order valence-corrected chi connectivity index (χ3v) is 5.28. The molecule has 0 spiro atoms. The van der Waals surface area contributed by atoms with Gasteiger partial charge in [-0.2, -0.15) is 4.98 Å². The Bertz CT molecular complexity index is 694. The summed E-state index contributed by atoms with van der Waals surface area (Å²) in [5.41, 5.74) is 1.30. The van der Waals surface area contributed by atoms with Crippen molar-refractivity contribution in [2.75, 3.05) is 4.90 Å². The monoisotopic (exact) mass is 326 g/mol. The van der Waals surface area contributed by atoms with Crippen molar-refractivity contribution in [3.63, 3.8) is 0 Å². The van der Waals surface area contributed by atoms with E-state index in [9.17, 15) is 9.59 Å². The molecule has 126 valence electrons. The normalized spacial score (nSPS) is 26.7. The van der Waals surface area contributed by atoms with Gasteiger partial charge in [0.25, 0.3) is 5.95 Å². The van der Waals surface area contributed by atoms with Crippen LogP contribution in [-0.4, -0.2) is 27.0 Å². The van der Waals surface area contributed by atoms with Crippen molar-refractivity contribution in [2.45, 2.75) is 51.4 Å². The molecule has 24 heavy (non-hydrogen) atoms. The number of imide groups is 1. The van der Waals surface area contributed by atoms with Crippen LogP contribution in [0.1, 0.15) is 50.8 Å². The molecule has 2 atom stereocenters. The quantitative estimate of drug-likeness (QED) is 0.863. The van der Waals surface area contributed by atoms with Gasteiger partial charge in [-0.15, -0.1) is 5.10 Å². The van der Waals surface area contributed by atoms with Crippen LogP contribution in [0.3, 0.4) is 0 Å². The molecule has 1 saturated carbocycles. The first kappa shape index (κ1) is 15.3. The Morgan fingerprint density at radius 3 is 2.50 bits per heavy atom. The third-order valence-electron chi connectivity index (χ3n) is 5.28. The van der Waals surface area contributed by atoms with E-state index >= 15 is 0 Å². The summed E-state index contributed by atoms with van der Waals surface area (Å²) in [5, 5.41) is 7.02. The Morgan fingerprint density at radius 1 is 1.08 bits per heavy atom. The highest BCUT2D eigenvalue weighted by Gasteiger charge is 2.50. The van der Waals surface area contributed by atoms with E-state index in [0.29, 0.717) is 0 Å². The number of carbonyl (C=O) groups excluding carboxylic acids is 2. The van der Waals surface area contributed by atoms with Crippen molar-refractivity contribution in [2.24, 2.45) is 11.8 Å². The second-order valence-corrected chi connectivity index (χ2v) is 6.85. The topological polar surface area (TPSA) is 79.0 Å². The van der Waals surface area contributed by atoms with E-state index in [0.717, 1.165) is 57.2 Å². The molecule has 2 fully saturated rings. The van der Waals surface area contributed by atoms with E-state index in [4.69, 9.17) is 0 Å². The van der Waals surface area contributed by atoms with Gasteiger partial charge < -0.3 is 0 Å². The minimum atomic E-state index is -0.161. The van der Waals surface area contributed by atoms with Crippen molar-refractivity contribution in [1.29, 1.82) is 0 Å². The lowest BCUT2D eigenvalue weighted by Gasteiger charge is -2.19. The van der Waals surface area contributed by atoms with Gasteiger partial charge in [0.1, 0.15) is 5.82 Å². The van der Waals surface area contributed by atoms with Crippen molar-refractivity contribution in [3.05, 3.63) is 29.6 Å². The Morgan fingerprint density at radius 2 is 1.83 bits per heavy atom. The molecule has 2 aliphatic carbocycles. The van der Waals surface area contributed by atoms with E-state index in [-0.39, 0.29) is 29.6 Å². The van der Waals surface area contributed by atoms with Crippen molar-refractivity contribution < 1.29 is 9.59 Å². The van der Waals surface area contributed by atoms with Crippen LogP contribution >= 0.6 is 0 Å². The SMILES string of the molecule is O=C1C2CCCCC2C(=O)N1c1n[nH]c(CCC2=CCCC=C2)n1. The molecule has 4 rings (SSSR count). The van der Waals surface area contributed by atoms with Gasteiger partial charge in [-0.3, -0.25) is 14.7 Å². The molecule has 1 aliphatic heterocycles. The zero-order chi connectivity index (χ0) is 16.5. The maximum atomic E-state index is 12.6. The smallest absolute Gasteiger partial charge is 0.258 e. The summed E-state index contributed by atoms with van der Waals surface area (Å²) in [6.07, 6.45) is 14.1. The van der Waals surface area contributed by atoms with Gasteiger partial charge in [0.15, 0.2) is 0 Å². The fourth-order valence-corrected chi connectivity index (χ4v) is 3.97. The molecule has 0 bridgehead atoms. The first-order valence-corrected chi connectivity index (χ1v) is 8.88. The van der Waals surface area contributed by atoms with Crippen LogP contribution in [0.2, 0.25) is 0 Å². The van der Waals surface area contributed by atoms with Gasteiger partial charge in [0.2, 0.25) is 11.8 Å². The molecule has 6 nitrogen and oxygen atoms in total. The number of aromatic nitrogens is 3. The summed E-state index contributed by atoms with van der Waals surface area (Å²) in [5.74, 6) is 0.390. The lowest BCUT2D eigenvalue weighted by molar-refractivity contribution is -0.122. The summed E-state index contributed by atoms with van der Waals surface area (Å²) >= 11 is 0. The summed E-state index contributed by atoms with van der Waals surface area (Å²) in [4.78, 5) is 30.7. The first-order chi connectivity index (χ1) is 11.7. The zero-order valence-electron chi connectivity index (χ0n) is 13.7. The number of hydrogen-bond donors (Lipinski definition) is 1. The van der Waals surface area contributed by atoms with Crippen LogP contribution in [-0.2, 0) is 16.0 Å². The minimum absolute atomic E-state index is 0.117. The number of amides is 2. The van der Waals surface area contributed by atoms with Crippen LogP contribution in [0.5, 0.6) is 0 Å². The highest BCUT2D eigenvalue weighted by Crippen LogP contribution is 2.39. The van der Waals surface area contributed by atoms with Crippen molar-refractivity contribution >= 4 is 17.8 Å². The number of hydrogen-bond acceptors (Lipinski definition) is 4. The number of H-pyrrole nitrogens is 1. The van der Waals surface area contributed by atoms with Gasteiger partial charge in [0.05, 0.1) is 11.8 Å².